The molecule has 2 fully saturated rings. The van der Waals surface area contributed by atoms with Gasteiger partial charge in [0.2, 0.25) is 0 Å². The second kappa shape index (κ2) is 8.78. The van der Waals surface area contributed by atoms with Crippen LogP contribution in [0.5, 0.6) is 0 Å². The summed E-state index contributed by atoms with van der Waals surface area (Å²) in [4.78, 5) is 19.5. The number of rotatable bonds is 4. The highest BCUT2D eigenvalue weighted by molar-refractivity contribution is 6.02. The van der Waals surface area contributed by atoms with E-state index in [1.54, 1.807) is 6.07 Å². The maximum atomic E-state index is 12.5. The molecule has 29 heavy (non-hydrogen) atoms. The number of aromatic nitrogens is 2. The van der Waals surface area contributed by atoms with E-state index in [-0.39, 0.29) is 5.91 Å². The van der Waals surface area contributed by atoms with Crippen LogP contribution in [0.4, 0.5) is 17.2 Å². The van der Waals surface area contributed by atoms with Crippen molar-refractivity contribution in [2.45, 2.75) is 19.8 Å². The SMILES string of the molecule is CC1CCCN(c2ccc(C(=O)Nc3ccc(N4CCN(C)CC4)cc3)nn2)C1. The van der Waals surface area contributed by atoms with E-state index in [9.17, 15) is 4.79 Å². The van der Waals surface area contributed by atoms with Crippen LogP contribution in [0.1, 0.15) is 30.3 Å². The Bertz CT molecular complexity index is 814. The van der Waals surface area contributed by atoms with Crippen LogP contribution in [-0.4, -0.2) is 67.3 Å². The molecular formula is C22H30N6O. The molecule has 2 aliphatic rings. The van der Waals surface area contributed by atoms with Gasteiger partial charge in [0.25, 0.3) is 5.91 Å². The lowest BCUT2D eigenvalue weighted by Crippen LogP contribution is -2.44. The van der Waals surface area contributed by atoms with Crippen molar-refractivity contribution in [1.29, 1.82) is 0 Å². The molecule has 0 radical (unpaired) electrons. The number of benzene rings is 1. The Morgan fingerprint density at radius 3 is 2.38 bits per heavy atom. The van der Waals surface area contributed by atoms with Crippen LogP contribution < -0.4 is 15.1 Å². The summed E-state index contributed by atoms with van der Waals surface area (Å²) >= 11 is 0. The molecule has 7 nitrogen and oxygen atoms in total. The van der Waals surface area contributed by atoms with Gasteiger partial charge in [0.1, 0.15) is 0 Å². The van der Waals surface area contributed by atoms with Crippen LogP contribution in [0.3, 0.4) is 0 Å². The minimum atomic E-state index is -0.233. The lowest BCUT2D eigenvalue weighted by Gasteiger charge is -2.34. The van der Waals surface area contributed by atoms with Gasteiger partial charge in [0.05, 0.1) is 0 Å². The molecule has 2 aromatic rings. The molecule has 2 aliphatic heterocycles. The quantitative estimate of drug-likeness (QED) is 0.860. The number of amides is 1. The smallest absolute Gasteiger partial charge is 0.276 e. The number of piperidine rings is 1. The molecule has 0 bridgehead atoms. The standard InChI is InChI=1S/C22H30N6O/c1-17-4-3-11-28(16-17)21-10-9-20(24-25-21)22(29)23-18-5-7-19(8-6-18)27-14-12-26(2)13-15-27/h5-10,17H,3-4,11-16H2,1-2H3,(H,23,29). The fourth-order valence-electron chi connectivity index (χ4n) is 4.03. The number of nitrogens with one attached hydrogen (secondary N) is 1. The Balaban J connectivity index is 1.35. The molecule has 0 aliphatic carbocycles. The molecule has 0 spiro atoms. The van der Waals surface area contributed by atoms with Crippen molar-refractivity contribution >= 4 is 23.1 Å². The van der Waals surface area contributed by atoms with Gasteiger partial charge in [-0.2, -0.15) is 0 Å². The molecular weight excluding hydrogens is 364 g/mol. The summed E-state index contributed by atoms with van der Waals surface area (Å²) < 4.78 is 0. The van der Waals surface area contributed by atoms with Crippen LogP contribution in [-0.2, 0) is 0 Å². The third-order valence-electron chi connectivity index (χ3n) is 5.86. The van der Waals surface area contributed by atoms with Crippen molar-refractivity contribution in [2.24, 2.45) is 5.92 Å². The second-order valence-electron chi connectivity index (χ2n) is 8.26. The number of hydrogen-bond acceptors (Lipinski definition) is 6. The lowest BCUT2D eigenvalue weighted by atomic mass is 10.0. The van der Waals surface area contributed by atoms with E-state index in [4.69, 9.17) is 0 Å². The van der Waals surface area contributed by atoms with Crippen molar-refractivity contribution < 1.29 is 4.79 Å². The van der Waals surface area contributed by atoms with E-state index in [0.717, 1.165) is 50.8 Å². The molecule has 1 aromatic heterocycles. The molecule has 0 saturated carbocycles. The molecule has 1 N–H and O–H groups in total. The zero-order chi connectivity index (χ0) is 20.2. The van der Waals surface area contributed by atoms with Crippen LogP contribution in [0.15, 0.2) is 36.4 Å². The third-order valence-corrected chi connectivity index (χ3v) is 5.86. The number of carbonyl (C=O) groups is 1. The van der Waals surface area contributed by atoms with E-state index in [2.05, 4.69) is 56.3 Å². The minimum Gasteiger partial charge on any atom is -0.369 e. The van der Waals surface area contributed by atoms with Gasteiger partial charge in [-0.3, -0.25) is 4.79 Å². The van der Waals surface area contributed by atoms with Crippen LogP contribution >= 0.6 is 0 Å². The number of likely N-dealkylation sites (N-methyl/N-ethyl adjacent to an activating group) is 1. The zero-order valence-electron chi connectivity index (χ0n) is 17.3. The Labute approximate surface area is 172 Å². The van der Waals surface area contributed by atoms with Gasteiger partial charge >= 0.3 is 0 Å². The number of nitrogens with zero attached hydrogens (tertiary/aromatic N) is 5. The maximum Gasteiger partial charge on any atom is 0.276 e. The molecule has 7 heteroatoms. The van der Waals surface area contributed by atoms with Crippen molar-refractivity contribution in [1.82, 2.24) is 15.1 Å². The van der Waals surface area contributed by atoms with Crippen LogP contribution in [0.25, 0.3) is 0 Å². The average Bonchev–Trinajstić information content (AvgIpc) is 2.75. The number of carbonyl (C=O) groups excluding carboxylic acids is 1. The molecule has 4 rings (SSSR count). The number of piperazine rings is 1. The molecule has 1 amide bonds. The maximum absolute atomic E-state index is 12.5. The first-order valence-corrected chi connectivity index (χ1v) is 10.5. The first kappa shape index (κ1) is 19.6. The molecule has 1 aromatic carbocycles. The topological polar surface area (TPSA) is 64.6 Å². The van der Waals surface area contributed by atoms with E-state index in [1.165, 1.54) is 18.5 Å². The summed E-state index contributed by atoms with van der Waals surface area (Å²) in [5, 5.41) is 11.4. The molecule has 154 valence electrons. The van der Waals surface area contributed by atoms with Crippen molar-refractivity contribution in [2.75, 3.05) is 61.4 Å². The second-order valence-corrected chi connectivity index (χ2v) is 8.26. The van der Waals surface area contributed by atoms with E-state index in [1.807, 2.05) is 18.2 Å². The van der Waals surface area contributed by atoms with Crippen LogP contribution in [0.2, 0.25) is 0 Å². The van der Waals surface area contributed by atoms with Crippen molar-refractivity contribution in [3.05, 3.63) is 42.1 Å². The Morgan fingerprint density at radius 2 is 1.72 bits per heavy atom. The number of hydrogen-bond donors (Lipinski definition) is 1. The summed E-state index contributed by atoms with van der Waals surface area (Å²) in [5.74, 6) is 1.29. The Kier molecular flexibility index (Phi) is 5.94. The molecule has 3 heterocycles. The van der Waals surface area contributed by atoms with Gasteiger partial charge < -0.3 is 20.0 Å². The number of anilines is 3. The van der Waals surface area contributed by atoms with Crippen molar-refractivity contribution in [3.63, 3.8) is 0 Å². The predicted molar refractivity (Wildman–Crippen MR) is 117 cm³/mol. The normalized spacial score (nSPS) is 20.6. The van der Waals surface area contributed by atoms with E-state index in [0.29, 0.717) is 11.6 Å². The average molecular weight is 395 g/mol. The van der Waals surface area contributed by atoms with E-state index < -0.39 is 0 Å². The van der Waals surface area contributed by atoms with Gasteiger partial charge in [0.15, 0.2) is 11.5 Å². The zero-order valence-corrected chi connectivity index (χ0v) is 17.3. The Morgan fingerprint density at radius 1 is 0.966 bits per heavy atom. The molecule has 1 atom stereocenters. The summed E-state index contributed by atoms with van der Waals surface area (Å²) in [6, 6.07) is 11.7. The van der Waals surface area contributed by atoms with Gasteiger partial charge in [-0.15, -0.1) is 10.2 Å². The highest BCUT2D eigenvalue weighted by atomic mass is 16.1. The highest BCUT2D eigenvalue weighted by Gasteiger charge is 2.19. The largest absolute Gasteiger partial charge is 0.369 e. The predicted octanol–water partition coefficient (Wildman–Crippen LogP) is 2.72. The third kappa shape index (κ3) is 4.85. The monoisotopic (exact) mass is 394 g/mol. The lowest BCUT2D eigenvalue weighted by molar-refractivity contribution is 0.102. The Hall–Kier alpha value is -2.67. The first-order valence-electron chi connectivity index (χ1n) is 10.5. The van der Waals surface area contributed by atoms with Crippen molar-refractivity contribution in [3.8, 4) is 0 Å². The fraction of sp³-hybridized carbons (Fsp3) is 0.500. The fourth-order valence-corrected chi connectivity index (χ4v) is 4.03. The van der Waals surface area contributed by atoms with Crippen LogP contribution in [0, 0.1) is 5.92 Å². The summed E-state index contributed by atoms with van der Waals surface area (Å²) in [5.41, 5.74) is 2.29. The molecule has 1 unspecified atom stereocenters. The van der Waals surface area contributed by atoms with Gasteiger partial charge in [-0.1, -0.05) is 6.92 Å². The molecule has 2 saturated heterocycles. The highest BCUT2D eigenvalue weighted by Crippen LogP contribution is 2.22. The van der Waals surface area contributed by atoms with E-state index >= 15 is 0 Å². The van der Waals surface area contributed by atoms with Gasteiger partial charge in [0, 0.05) is 50.6 Å². The van der Waals surface area contributed by atoms with Gasteiger partial charge in [-0.05, 0) is 62.2 Å². The summed E-state index contributed by atoms with van der Waals surface area (Å²) in [6.45, 7) is 8.47. The van der Waals surface area contributed by atoms with Gasteiger partial charge in [-0.25, -0.2) is 0 Å². The summed E-state index contributed by atoms with van der Waals surface area (Å²) in [7, 11) is 2.15. The summed E-state index contributed by atoms with van der Waals surface area (Å²) in [6.07, 6.45) is 2.44. The minimum absolute atomic E-state index is 0.233. The first-order chi connectivity index (χ1) is 14.1.